The summed E-state index contributed by atoms with van der Waals surface area (Å²) >= 11 is 3.37. The molecule has 24 heavy (non-hydrogen) atoms. The van der Waals surface area contributed by atoms with Crippen molar-refractivity contribution in [2.24, 2.45) is 0 Å². The number of nitrogens with zero attached hydrogens (tertiary/aromatic N) is 1. The molecular formula is C17H20BrN3O3. The van der Waals surface area contributed by atoms with Crippen molar-refractivity contribution >= 4 is 33.4 Å². The minimum absolute atomic E-state index is 0.457. The van der Waals surface area contributed by atoms with Crippen molar-refractivity contribution in [3.8, 4) is 0 Å². The molecule has 0 saturated carbocycles. The van der Waals surface area contributed by atoms with Gasteiger partial charge < -0.3 is 15.2 Å². The minimum Gasteiger partial charge on any atom is -0.359 e. The summed E-state index contributed by atoms with van der Waals surface area (Å²) in [7, 11) is 0. The van der Waals surface area contributed by atoms with Crippen LogP contribution in [0.25, 0.3) is 0 Å². The molecular weight excluding hydrogens is 374 g/mol. The van der Waals surface area contributed by atoms with Gasteiger partial charge in [0.05, 0.1) is 5.54 Å². The Morgan fingerprint density at radius 3 is 2.42 bits per heavy atom. The van der Waals surface area contributed by atoms with Gasteiger partial charge in [-0.3, -0.25) is 9.59 Å². The van der Waals surface area contributed by atoms with E-state index in [0.29, 0.717) is 23.6 Å². The van der Waals surface area contributed by atoms with Gasteiger partial charge in [-0.2, -0.15) is 0 Å². The number of carbonyl (C=O) groups is 2. The minimum atomic E-state index is -0.749. The van der Waals surface area contributed by atoms with Gasteiger partial charge in [-0.05, 0) is 38.5 Å². The molecule has 1 heterocycles. The first-order valence-corrected chi connectivity index (χ1v) is 8.38. The maximum Gasteiger partial charge on any atom is 0.313 e. The quantitative estimate of drug-likeness (QED) is 0.780. The molecule has 128 valence electrons. The SMILES string of the molecule is CCc1onc(C)c1NC(=O)C(=O)NC(C)(C)c1ccc(Br)cc1. The molecule has 7 heteroatoms. The number of halogens is 1. The Morgan fingerprint density at radius 2 is 1.83 bits per heavy atom. The van der Waals surface area contributed by atoms with Gasteiger partial charge in [0.25, 0.3) is 0 Å². The van der Waals surface area contributed by atoms with Crippen LogP contribution in [0.1, 0.15) is 37.8 Å². The van der Waals surface area contributed by atoms with Gasteiger partial charge in [0, 0.05) is 10.9 Å². The molecule has 2 aromatic rings. The lowest BCUT2D eigenvalue weighted by Gasteiger charge is -2.26. The highest BCUT2D eigenvalue weighted by Gasteiger charge is 2.27. The first-order chi connectivity index (χ1) is 11.2. The number of nitrogens with one attached hydrogen (secondary N) is 2. The van der Waals surface area contributed by atoms with E-state index in [4.69, 9.17) is 4.52 Å². The first-order valence-electron chi connectivity index (χ1n) is 7.59. The number of anilines is 1. The number of rotatable bonds is 4. The molecule has 2 rings (SSSR count). The zero-order chi connectivity index (χ0) is 17.9. The van der Waals surface area contributed by atoms with E-state index in [9.17, 15) is 9.59 Å². The third-order valence-electron chi connectivity index (χ3n) is 3.69. The summed E-state index contributed by atoms with van der Waals surface area (Å²) in [5.74, 6) is -0.924. The van der Waals surface area contributed by atoms with E-state index in [2.05, 4.69) is 31.7 Å². The van der Waals surface area contributed by atoms with Crippen LogP contribution in [0.4, 0.5) is 5.69 Å². The summed E-state index contributed by atoms with van der Waals surface area (Å²) in [6, 6.07) is 7.55. The van der Waals surface area contributed by atoms with Gasteiger partial charge in [0.15, 0.2) is 5.76 Å². The monoisotopic (exact) mass is 393 g/mol. The first kappa shape index (κ1) is 18.2. The van der Waals surface area contributed by atoms with Gasteiger partial charge in [-0.1, -0.05) is 40.1 Å². The fourth-order valence-corrected chi connectivity index (χ4v) is 2.53. The van der Waals surface area contributed by atoms with Gasteiger partial charge in [0.2, 0.25) is 0 Å². The summed E-state index contributed by atoms with van der Waals surface area (Å²) in [6.45, 7) is 7.27. The maximum atomic E-state index is 12.3. The van der Waals surface area contributed by atoms with Crippen LogP contribution >= 0.6 is 15.9 Å². The van der Waals surface area contributed by atoms with Crippen molar-refractivity contribution < 1.29 is 14.1 Å². The van der Waals surface area contributed by atoms with E-state index < -0.39 is 17.4 Å². The molecule has 0 unspecified atom stereocenters. The highest BCUT2D eigenvalue weighted by molar-refractivity contribution is 9.10. The molecule has 0 atom stereocenters. The standard InChI is InChI=1S/C17H20BrN3O3/c1-5-13-14(10(2)21-24-13)19-15(22)16(23)20-17(3,4)11-6-8-12(18)9-7-11/h6-9H,5H2,1-4H3,(H,19,22)(H,20,23). The van der Waals surface area contributed by atoms with Crippen molar-refractivity contribution in [1.29, 1.82) is 0 Å². The Balaban J connectivity index is 2.09. The van der Waals surface area contributed by atoms with Crippen LogP contribution in [0.3, 0.4) is 0 Å². The number of amides is 2. The number of benzene rings is 1. The molecule has 0 aliphatic rings. The predicted molar refractivity (Wildman–Crippen MR) is 94.6 cm³/mol. The lowest BCUT2D eigenvalue weighted by molar-refractivity contribution is -0.137. The molecule has 2 amide bonds. The molecule has 1 aromatic carbocycles. The fourth-order valence-electron chi connectivity index (χ4n) is 2.27. The van der Waals surface area contributed by atoms with Crippen molar-refractivity contribution in [3.05, 3.63) is 45.8 Å². The number of hydrogen-bond donors (Lipinski definition) is 2. The van der Waals surface area contributed by atoms with Crippen LogP contribution < -0.4 is 10.6 Å². The Hall–Kier alpha value is -2.15. The lowest BCUT2D eigenvalue weighted by atomic mass is 9.94. The molecule has 6 nitrogen and oxygen atoms in total. The predicted octanol–water partition coefficient (Wildman–Crippen LogP) is 3.30. The number of hydrogen-bond acceptors (Lipinski definition) is 4. The Kier molecular flexibility index (Phi) is 5.43. The summed E-state index contributed by atoms with van der Waals surface area (Å²) in [5, 5.41) is 9.13. The highest BCUT2D eigenvalue weighted by atomic mass is 79.9. The topological polar surface area (TPSA) is 84.2 Å². The zero-order valence-corrected chi connectivity index (χ0v) is 15.7. The second kappa shape index (κ2) is 7.17. The molecule has 0 radical (unpaired) electrons. The van der Waals surface area contributed by atoms with Crippen molar-refractivity contribution in [2.45, 2.75) is 39.7 Å². The zero-order valence-electron chi connectivity index (χ0n) is 14.1. The number of aromatic nitrogens is 1. The van der Waals surface area contributed by atoms with E-state index in [1.54, 1.807) is 6.92 Å². The molecule has 1 aromatic heterocycles. The van der Waals surface area contributed by atoms with Crippen LogP contribution in [-0.2, 0) is 21.5 Å². The van der Waals surface area contributed by atoms with Crippen LogP contribution in [-0.4, -0.2) is 17.0 Å². The van der Waals surface area contributed by atoms with Gasteiger partial charge >= 0.3 is 11.8 Å². The van der Waals surface area contributed by atoms with Crippen molar-refractivity contribution in [2.75, 3.05) is 5.32 Å². The lowest BCUT2D eigenvalue weighted by Crippen LogP contribution is -2.46. The summed E-state index contributed by atoms with van der Waals surface area (Å²) in [4.78, 5) is 24.4. The summed E-state index contributed by atoms with van der Waals surface area (Å²) in [5.41, 5.74) is 1.20. The average Bonchev–Trinajstić information content (AvgIpc) is 2.87. The normalized spacial score (nSPS) is 11.2. The van der Waals surface area contributed by atoms with E-state index in [1.165, 1.54) is 0 Å². The fraction of sp³-hybridized carbons (Fsp3) is 0.353. The average molecular weight is 394 g/mol. The second-order valence-corrected chi connectivity index (χ2v) is 6.88. The van der Waals surface area contributed by atoms with Crippen LogP contribution in [0, 0.1) is 6.92 Å². The molecule has 0 fully saturated rings. The van der Waals surface area contributed by atoms with Crippen LogP contribution in [0.5, 0.6) is 0 Å². The van der Waals surface area contributed by atoms with E-state index >= 15 is 0 Å². The van der Waals surface area contributed by atoms with E-state index in [1.807, 2.05) is 45.0 Å². The van der Waals surface area contributed by atoms with Crippen molar-refractivity contribution in [3.63, 3.8) is 0 Å². The van der Waals surface area contributed by atoms with Gasteiger partial charge in [-0.15, -0.1) is 0 Å². The van der Waals surface area contributed by atoms with E-state index in [0.717, 1.165) is 10.0 Å². The highest BCUT2D eigenvalue weighted by Crippen LogP contribution is 2.23. The summed E-state index contributed by atoms with van der Waals surface area (Å²) in [6.07, 6.45) is 0.572. The van der Waals surface area contributed by atoms with Gasteiger partial charge in [0.1, 0.15) is 11.4 Å². The summed E-state index contributed by atoms with van der Waals surface area (Å²) < 4.78 is 6.05. The third-order valence-corrected chi connectivity index (χ3v) is 4.22. The Bertz CT molecular complexity index is 751. The van der Waals surface area contributed by atoms with E-state index in [-0.39, 0.29) is 0 Å². The smallest absolute Gasteiger partial charge is 0.313 e. The largest absolute Gasteiger partial charge is 0.359 e. The van der Waals surface area contributed by atoms with Crippen LogP contribution in [0.15, 0.2) is 33.3 Å². The Morgan fingerprint density at radius 1 is 1.21 bits per heavy atom. The number of carbonyl (C=O) groups excluding carboxylic acids is 2. The maximum absolute atomic E-state index is 12.3. The van der Waals surface area contributed by atoms with Crippen molar-refractivity contribution in [1.82, 2.24) is 10.5 Å². The number of aryl methyl sites for hydroxylation is 2. The third kappa shape index (κ3) is 4.03. The molecule has 0 aliphatic carbocycles. The Labute approximate surface area is 149 Å². The molecule has 0 spiro atoms. The second-order valence-electron chi connectivity index (χ2n) is 5.96. The molecule has 0 saturated heterocycles. The van der Waals surface area contributed by atoms with Crippen LogP contribution in [0.2, 0.25) is 0 Å². The molecule has 0 bridgehead atoms. The molecule has 2 N–H and O–H groups in total. The van der Waals surface area contributed by atoms with Gasteiger partial charge in [-0.25, -0.2) is 0 Å². The molecule has 0 aliphatic heterocycles.